The van der Waals surface area contributed by atoms with Crippen molar-refractivity contribution in [3.63, 3.8) is 0 Å². The van der Waals surface area contributed by atoms with Crippen molar-refractivity contribution in [1.29, 1.82) is 0 Å². The SMILES string of the molecule is [2H]c1c([2H])c([2H])c(-c2nc(-c3ccc(-c4cccc5c4sc4ccccc45)cc3)nc(-c3cc(-n4c5ccccc5c5ccccc54)cc4c3sc3cccc(-c5ccccc5)c34)n2)c([2H])c1[2H]. The molecular weight excluding hydrogens is 805 g/mol. The van der Waals surface area contributed by atoms with Gasteiger partial charge in [-0.3, -0.25) is 0 Å². The van der Waals surface area contributed by atoms with Gasteiger partial charge in [-0.15, -0.1) is 22.7 Å². The van der Waals surface area contributed by atoms with E-state index in [4.69, 9.17) is 21.8 Å². The molecule has 0 saturated carbocycles. The Bertz CT molecular complexity index is 4140. The number of rotatable bonds is 6. The van der Waals surface area contributed by atoms with Gasteiger partial charge in [-0.25, -0.2) is 15.0 Å². The molecule has 6 heteroatoms. The number of benzene rings is 9. The van der Waals surface area contributed by atoms with Crippen molar-refractivity contribution in [2.24, 2.45) is 0 Å². The molecule has 4 nitrogen and oxygen atoms in total. The van der Waals surface area contributed by atoms with Crippen LogP contribution in [-0.4, -0.2) is 19.5 Å². The molecule has 0 amide bonds. The van der Waals surface area contributed by atoms with Gasteiger partial charge in [-0.2, -0.15) is 0 Å². The number of para-hydroxylation sites is 2. The Kier molecular flexibility index (Phi) is 7.13. The van der Waals surface area contributed by atoms with Crippen LogP contribution in [0.2, 0.25) is 0 Å². The zero-order valence-corrected chi connectivity index (χ0v) is 35.0. The summed E-state index contributed by atoms with van der Waals surface area (Å²) in [6.45, 7) is 0. The summed E-state index contributed by atoms with van der Waals surface area (Å²) in [4.78, 5) is 15.3. The maximum absolute atomic E-state index is 9.07. The molecule has 294 valence electrons. The Hall–Kier alpha value is -7.77. The summed E-state index contributed by atoms with van der Waals surface area (Å²) < 4.78 is 50.6. The fourth-order valence-electron chi connectivity index (χ4n) is 9.14. The van der Waals surface area contributed by atoms with Crippen molar-refractivity contribution in [3.05, 3.63) is 206 Å². The molecule has 0 N–H and O–H groups in total. The number of hydrogen-bond acceptors (Lipinski definition) is 5. The topological polar surface area (TPSA) is 43.6 Å². The van der Waals surface area contributed by atoms with E-state index in [1.165, 1.54) is 20.2 Å². The zero-order chi connectivity index (χ0) is 45.8. The van der Waals surface area contributed by atoms with Gasteiger partial charge in [-0.05, 0) is 58.7 Å². The molecule has 4 heterocycles. The largest absolute Gasteiger partial charge is 0.309 e. The van der Waals surface area contributed by atoms with Gasteiger partial charge in [0.05, 0.1) is 17.9 Å². The minimum absolute atomic E-state index is 0.0115. The molecule has 0 atom stereocenters. The van der Waals surface area contributed by atoms with E-state index in [1.54, 1.807) is 22.7 Å². The van der Waals surface area contributed by atoms with Crippen LogP contribution in [0.25, 0.3) is 124 Å². The van der Waals surface area contributed by atoms with Crippen LogP contribution >= 0.6 is 22.7 Å². The van der Waals surface area contributed by atoms with Crippen LogP contribution in [-0.2, 0) is 0 Å². The van der Waals surface area contributed by atoms with Crippen LogP contribution in [0.1, 0.15) is 6.85 Å². The average molecular weight is 844 g/mol. The lowest BCUT2D eigenvalue weighted by molar-refractivity contribution is 1.07. The lowest BCUT2D eigenvalue weighted by Gasteiger charge is -2.14. The molecule has 0 spiro atoms. The van der Waals surface area contributed by atoms with Crippen molar-refractivity contribution >= 4 is 84.8 Å². The van der Waals surface area contributed by atoms with Crippen molar-refractivity contribution in [3.8, 4) is 62.1 Å². The Labute approximate surface area is 377 Å². The monoisotopic (exact) mass is 843 g/mol. The summed E-state index contributed by atoms with van der Waals surface area (Å²) >= 11 is 3.43. The molecule has 0 unspecified atom stereocenters. The molecule has 0 fully saturated rings. The van der Waals surface area contributed by atoms with Crippen LogP contribution in [0, 0.1) is 0 Å². The molecule has 13 rings (SSSR count). The lowest BCUT2D eigenvalue weighted by atomic mass is 9.98. The molecule has 9 aromatic carbocycles. The highest BCUT2D eigenvalue weighted by atomic mass is 32.1. The molecule has 63 heavy (non-hydrogen) atoms. The predicted octanol–water partition coefficient (Wildman–Crippen LogP) is 16.0. The average Bonchev–Trinajstić information content (AvgIpc) is 4.07. The van der Waals surface area contributed by atoms with E-state index in [2.05, 4.69) is 162 Å². The normalized spacial score (nSPS) is 12.9. The molecule has 0 aliphatic rings. The van der Waals surface area contributed by atoms with E-state index < -0.39 is 18.1 Å². The Morgan fingerprint density at radius 3 is 1.71 bits per heavy atom. The summed E-state index contributed by atoms with van der Waals surface area (Å²) in [6, 6.07) is 58.9. The van der Waals surface area contributed by atoms with Gasteiger partial charge in [0.2, 0.25) is 0 Å². The van der Waals surface area contributed by atoms with E-state index in [9.17, 15) is 0 Å². The minimum atomic E-state index is -0.484. The van der Waals surface area contributed by atoms with Gasteiger partial charge >= 0.3 is 0 Å². The maximum Gasteiger partial charge on any atom is 0.165 e. The van der Waals surface area contributed by atoms with Crippen LogP contribution in [0.3, 0.4) is 0 Å². The first-order valence-electron chi connectivity index (χ1n) is 23.2. The molecule has 0 bridgehead atoms. The van der Waals surface area contributed by atoms with Crippen LogP contribution in [0.4, 0.5) is 0 Å². The van der Waals surface area contributed by atoms with Crippen LogP contribution in [0.15, 0.2) is 206 Å². The highest BCUT2D eigenvalue weighted by Gasteiger charge is 2.22. The van der Waals surface area contributed by atoms with Gasteiger partial charge in [0.25, 0.3) is 0 Å². The third-order valence-corrected chi connectivity index (χ3v) is 14.4. The molecule has 0 aliphatic carbocycles. The quantitative estimate of drug-likeness (QED) is 0.167. The Morgan fingerprint density at radius 1 is 0.381 bits per heavy atom. The van der Waals surface area contributed by atoms with Crippen LogP contribution in [0.5, 0.6) is 0 Å². The highest BCUT2D eigenvalue weighted by molar-refractivity contribution is 7.26. The lowest BCUT2D eigenvalue weighted by Crippen LogP contribution is -2.01. The maximum atomic E-state index is 9.07. The van der Waals surface area contributed by atoms with Crippen molar-refractivity contribution in [2.45, 2.75) is 0 Å². The van der Waals surface area contributed by atoms with Gasteiger partial charge in [-0.1, -0.05) is 170 Å². The van der Waals surface area contributed by atoms with Crippen LogP contribution < -0.4 is 0 Å². The highest BCUT2D eigenvalue weighted by Crippen LogP contribution is 2.46. The minimum Gasteiger partial charge on any atom is -0.309 e. The number of fused-ring (bicyclic) bond motifs is 9. The van der Waals surface area contributed by atoms with E-state index in [1.807, 2.05) is 18.2 Å². The van der Waals surface area contributed by atoms with Gasteiger partial charge in [0.1, 0.15) is 0 Å². The Morgan fingerprint density at radius 2 is 0.937 bits per heavy atom. The van der Waals surface area contributed by atoms with E-state index in [0.29, 0.717) is 17.2 Å². The first kappa shape index (κ1) is 31.1. The second kappa shape index (κ2) is 14.4. The van der Waals surface area contributed by atoms with Gasteiger partial charge in [0.15, 0.2) is 17.5 Å². The third kappa shape index (κ3) is 5.83. The number of hydrogen-bond donors (Lipinski definition) is 0. The third-order valence-electron chi connectivity index (χ3n) is 12.0. The van der Waals surface area contributed by atoms with E-state index in [0.717, 1.165) is 75.5 Å². The van der Waals surface area contributed by atoms with E-state index >= 15 is 0 Å². The fraction of sp³-hybridized carbons (Fsp3) is 0. The van der Waals surface area contributed by atoms with Crippen molar-refractivity contribution in [2.75, 3.05) is 0 Å². The molecular formula is C57H34N4S2. The summed E-state index contributed by atoms with van der Waals surface area (Å²) in [6.07, 6.45) is 0. The summed E-state index contributed by atoms with van der Waals surface area (Å²) in [7, 11) is 0. The van der Waals surface area contributed by atoms with Gasteiger partial charge < -0.3 is 4.57 Å². The van der Waals surface area contributed by atoms with E-state index in [-0.39, 0.29) is 23.5 Å². The molecule has 4 aromatic heterocycles. The predicted molar refractivity (Wildman–Crippen MR) is 267 cm³/mol. The standard InChI is InChI=1S/C57H34N4S2/c1-3-15-35(16-4-1)40-22-14-28-51-52(40)46-33-39(61-48-25-10-7-19-42(48)43-20-8-11-26-49(43)61)34-47(54(46)63-51)57-59-55(37-17-5-2-6-18-37)58-56(60-57)38-31-29-36(30-32-38)41-23-13-24-45-44-21-9-12-27-50(44)62-53(41)45/h1-34H/i2D,5D,6D,17D,18D. The second-order valence-electron chi connectivity index (χ2n) is 15.6. The summed E-state index contributed by atoms with van der Waals surface area (Å²) in [5.41, 5.74) is 8.67. The molecule has 0 aliphatic heterocycles. The van der Waals surface area contributed by atoms with Gasteiger partial charge in [0, 0.05) is 73.5 Å². The van der Waals surface area contributed by atoms with Crippen molar-refractivity contribution < 1.29 is 6.85 Å². The number of nitrogens with zero attached hydrogens (tertiary/aromatic N) is 4. The molecule has 13 aromatic rings. The zero-order valence-electron chi connectivity index (χ0n) is 38.3. The smallest absolute Gasteiger partial charge is 0.165 e. The second-order valence-corrected chi connectivity index (χ2v) is 17.7. The molecule has 0 radical (unpaired) electrons. The summed E-state index contributed by atoms with van der Waals surface area (Å²) in [5.74, 6) is 0.615. The Balaban J connectivity index is 1.09. The number of thiophene rings is 2. The molecule has 0 saturated heterocycles. The first-order valence-corrected chi connectivity index (χ1v) is 22.3. The number of aromatic nitrogens is 4. The van der Waals surface area contributed by atoms with Crippen molar-refractivity contribution in [1.82, 2.24) is 19.5 Å². The fourth-order valence-corrected chi connectivity index (χ4v) is 11.6. The summed E-state index contributed by atoms with van der Waals surface area (Å²) in [5, 5.41) is 6.82. The first-order chi connectivity index (χ1) is 33.3.